The van der Waals surface area contributed by atoms with Gasteiger partial charge in [-0.1, -0.05) is 6.07 Å². The van der Waals surface area contributed by atoms with Gasteiger partial charge in [0.05, 0.1) is 27.5 Å². The van der Waals surface area contributed by atoms with Crippen LogP contribution < -0.4 is 0 Å². The molecular weight excluding hydrogens is 232 g/mol. The molecule has 1 unspecified atom stereocenters. The molecule has 0 bridgehead atoms. The first kappa shape index (κ1) is 10.3. The quantitative estimate of drug-likeness (QED) is 0.640. The van der Waals surface area contributed by atoms with E-state index >= 15 is 0 Å². The van der Waals surface area contributed by atoms with E-state index in [0.29, 0.717) is 10.6 Å². The molecule has 0 saturated heterocycles. The molecule has 0 radical (unpaired) electrons. The van der Waals surface area contributed by atoms with Gasteiger partial charge in [0.15, 0.2) is 0 Å². The van der Waals surface area contributed by atoms with Crippen molar-refractivity contribution in [2.45, 2.75) is 39.3 Å². The molecule has 1 aromatic carbocycles. The van der Waals surface area contributed by atoms with E-state index in [1.165, 1.54) is 18.2 Å². The summed E-state index contributed by atoms with van der Waals surface area (Å²) in [6.45, 7) is 3.43. The molecular formula is C13H20N2O3. The molecule has 1 rings (SSSR count). The zero-order valence-electron chi connectivity index (χ0n) is 13.9. The number of nitrogens with zero attached hydrogens (tertiary/aromatic N) is 2. The average molecular weight is 255 g/mol. The van der Waals surface area contributed by atoms with Gasteiger partial charge in [-0.25, -0.2) is 0 Å². The number of aromatic hydroxyl groups is 1. The highest BCUT2D eigenvalue weighted by atomic mass is 16.3. The standard InChI is InChI=1S/C13H20N2O3/c1-9-7-10(5-6-11(9)16)12(17)8-15(14-18)13(2,3)4/h5-7,12,16-17H,8H2,1-4H3/i8D2,12D. The van der Waals surface area contributed by atoms with Crippen LogP contribution >= 0.6 is 0 Å². The van der Waals surface area contributed by atoms with Crippen LogP contribution in [0.25, 0.3) is 0 Å². The van der Waals surface area contributed by atoms with Gasteiger partial charge in [-0.3, -0.25) is 5.01 Å². The molecule has 0 saturated carbocycles. The Kier molecular flexibility index (Phi) is 3.07. The third-order valence-electron chi connectivity index (χ3n) is 2.40. The molecule has 5 nitrogen and oxygen atoms in total. The summed E-state index contributed by atoms with van der Waals surface area (Å²) in [5.74, 6) is -0.0312. The zero-order valence-corrected chi connectivity index (χ0v) is 10.9. The first-order valence-electron chi connectivity index (χ1n) is 7.02. The van der Waals surface area contributed by atoms with Crippen molar-refractivity contribution >= 4 is 0 Å². The number of aliphatic hydroxyl groups is 1. The van der Waals surface area contributed by atoms with Crippen LogP contribution in [0.15, 0.2) is 23.5 Å². The fraction of sp³-hybridized carbons (Fsp3) is 0.538. The number of aryl methyl sites for hydroxylation is 1. The minimum atomic E-state index is -2.77. The van der Waals surface area contributed by atoms with Crippen molar-refractivity contribution in [3.8, 4) is 5.75 Å². The summed E-state index contributed by atoms with van der Waals surface area (Å²) in [4.78, 5) is 11.0. The van der Waals surface area contributed by atoms with Gasteiger partial charge in [0.1, 0.15) is 5.75 Å². The molecule has 0 aliphatic rings. The van der Waals surface area contributed by atoms with Crippen molar-refractivity contribution in [3.63, 3.8) is 0 Å². The molecule has 0 aliphatic carbocycles. The van der Waals surface area contributed by atoms with Crippen molar-refractivity contribution in [3.05, 3.63) is 34.2 Å². The van der Waals surface area contributed by atoms with Gasteiger partial charge in [0.2, 0.25) is 0 Å². The summed E-state index contributed by atoms with van der Waals surface area (Å²) in [6.07, 6.45) is -2.74. The highest BCUT2D eigenvalue weighted by Crippen LogP contribution is 2.24. The Hall–Kier alpha value is -1.62. The molecule has 0 aromatic heterocycles. The first-order valence-corrected chi connectivity index (χ1v) is 5.52. The smallest absolute Gasteiger partial charge is 0.118 e. The highest BCUT2D eigenvalue weighted by molar-refractivity contribution is 5.35. The number of hydrogen-bond donors (Lipinski definition) is 2. The van der Waals surface area contributed by atoms with Crippen LogP contribution in [0, 0.1) is 11.8 Å². The van der Waals surface area contributed by atoms with Crippen LogP contribution in [0.3, 0.4) is 0 Å². The minimum absolute atomic E-state index is 0.0312. The fourth-order valence-electron chi connectivity index (χ4n) is 1.28. The molecule has 0 amide bonds. The van der Waals surface area contributed by atoms with Crippen molar-refractivity contribution in [2.24, 2.45) is 5.29 Å². The summed E-state index contributed by atoms with van der Waals surface area (Å²) >= 11 is 0. The number of benzene rings is 1. The topological polar surface area (TPSA) is 73.1 Å². The lowest BCUT2D eigenvalue weighted by molar-refractivity contribution is 0.0591. The van der Waals surface area contributed by atoms with Crippen LogP contribution in [-0.2, 0) is 0 Å². The van der Waals surface area contributed by atoms with Gasteiger partial charge in [-0.2, -0.15) is 0 Å². The second-order valence-corrected chi connectivity index (χ2v) is 5.03. The monoisotopic (exact) mass is 255 g/mol. The SMILES string of the molecule is [2H]C(O)(c1ccc(O)c(C)c1)C([2H])([2H])N(N=O)C(C)(C)C. The van der Waals surface area contributed by atoms with Gasteiger partial charge in [0, 0.05) is 0 Å². The van der Waals surface area contributed by atoms with Gasteiger partial charge in [0.25, 0.3) is 0 Å². The fourth-order valence-corrected chi connectivity index (χ4v) is 1.28. The molecule has 5 heteroatoms. The maximum absolute atomic E-state index is 11.0. The van der Waals surface area contributed by atoms with Crippen LogP contribution in [0.1, 0.15) is 42.1 Å². The van der Waals surface area contributed by atoms with E-state index in [-0.39, 0.29) is 11.3 Å². The number of phenols is 1. The molecule has 0 aliphatic heterocycles. The molecule has 2 N–H and O–H groups in total. The minimum Gasteiger partial charge on any atom is -0.508 e. The normalized spacial score (nSPS) is 18.2. The van der Waals surface area contributed by atoms with Gasteiger partial charge in [-0.15, -0.1) is 4.91 Å². The van der Waals surface area contributed by atoms with Crippen molar-refractivity contribution in [1.82, 2.24) is 5.01 Å². The maximum atomic E-state index is 11.0. The van der Waals surface area contributed by atoms with Crippen molar-refractivity contribution in [2.75, 3.05) is 6.50 Å². The second-order valence-electron chi connectivity index (χ2n) is 5.03. The lowest BCUT2D eigenvalue weighted by atomic mass is 10.0. The summed E-state index contributed by atoms with van der Waals surface area (Å²) in [7, 11) is 0. The largest absolute Gasteiger partial charge is 0.508 e. The lowest BCUT2D eigenvalue weighted by Crippen LogP contribution is -2.39. The maximum Gasteiger partial charge on any atom is 0.118 e. The predicted molar refractivity (Wildman–Crippen MR) is 70.1 cm³/mol. The number of hydrogen-bond acceptors (Lipinski definition) is 4. The number of nitroso groups, excluding NO2 is 1. The molecule has 0 fully saturated rings. The Labute approximate surface area is 111 Å². The van der Waals surface area contributed by atoms with Crippen LogP contribution in [-0.4, -0.2) is 27.3 Å². The Morgan fingerprint density at radius 2 is 2.17 bits per heavy atom. The molecule has 0 heterocycles. The predicted octanol–water partition coefficient (Wildman–Crippen LogP) is 2.52. The zero-order chi connectivity index (χ0) is 16.6. The molecule has 1 atom stereocenters. The number of rotatable bonds is 4. The molecule has 0 spiro atoms. The van der Waals surface area contributed by atoms with E-state index < -0.39 is 18.1 Å². The summed E-state index contributed by atoms with van der Waals surface area (Å²) in [5.41, 5.74) is -0.720. The summed E-state index contributed by atoms with van der Waals surface area (Å²) in [6, 6.07) is 3.79. The van der Waals surface area contributed by atoms with Gasteiger partial charge < -0.3 is 10.2 Å². The summed E-state index contributed by atoms with van der Waals surface area (Å²) < 4.78 is 24.0. The third-order valence-corrected chi connectivity index (χ3v) is 2.40. The Morgan fingerprint density at radius 1 is 1.56 bits per heavy atom. The Morgan fingerprint density at radius 3 is 2.61 bits per heavy atom. The van der Waals surface area contributed by atoms with Crippen molar-refractivity contribution in [1.29, 1.82) is 0 Å². The van der Waals surface area contributed by atoms with Crippen LogP contribution in [0.5, 0.6) is 5.75 Å². The Balaban J connectivity index is 3.38. The van der Waals surface area contributed by atoms with Gasteiger partial charge in [-0.05, 0) is 51.0 Å². The van der Waals surface area contributed by atoms with Crippen LogP contribution in [0.4, 0.5) is 0 Å². The lowest BCUT2D eigenvalue weighted by Gasteiger charge is -2.31. The van der Waals surface area contributed by atoms with E-state index in [1.54, 1.807) is 27.7 Å². The van der Waals surface area contributed by atoms with E-state index in [2.05, 4.69) is 5.29 Å². The van der Waals surface area contributed by atoms with Crippen molar-refractivity contribution < 1.29 is 14.3 Å². The van der Waals surface area contributed by atoms with E-state index in [1.807, 2.05) is 0 Å². The molecule has 1 aromatic rings. The number of phenolic OH excluding ortho intramolecular Hbond substituents is 1. The van der Waals surface area contributed by atoms with E-state index in [4.69, 9.17) is 4.11 Å². The van der Waals surface area contributed by atoms with Gasteiger partial charge >= 0.3 is 0 Å². The highest BCUT2D eigenvalue weighted by Gasteiger charge is 2.24. The number of β-amino-alcohol motifs (C(OH)–C–C–N with tert-alkyl or cyclic N) is 1. The second kappa shape index (κ2) is 5.35. The molecule has 100 valence electrons. The molecule has 18 heavy (non-hydrogen) atoms. The van der Waals surface area contributed by atoms with E-state index in [0.717, 1.165) is 0 Å². The summed E-state index contributed by atoms with van der Waals surface area (Å²) in [5, 5.41) is 23.0. The van der Waals surface area contributed by atoms with E-state index in [9.17, 15) is 15.1 Å². The van der Waals surface area contributed by atoms with Crippen LogP contribution in [0.2, 0.25) is 0 Å². The first-order chi connectivity index (χ1) is 9.35. The third kappa shape index (κ3) is 3.43. The average Bonchev–Trinajstić information content (AvgIpc) is 2.30. The Bertz CT molecular complexity index is 542.